The summed E-state index contributed by atoms with van der Waals surface area (Å²) in [6.07, 6.45) is 3.57. The molecule has 0 unspecified atom stereocenters. The Morgan fingerprint density at radius 2 is 2.23 bits per heavy atom. The summed E-state index contributed by atoms with van der Waals surface area (Å²) < 4.78 is 13.3. The summed E-state index contributed by atoms with van der Waals surface area (Å²) in [5.41, 5.74) is 7.65. The highest BCUT2D eigenvalue weighted by atomic mass is 16.6. The number of imidazole rings is 2. The lowest BCUT2D eigenvalue weighted by Gasteiger charge is -2.22. The lowest BCUT2D eigenvalue weighted by Crippen LogP contribution is -2.36. The number of fused-ring (bicyclic) bond motifs is 1. The second kappa shape index (κ2) is 6.96. The minimum Gasteiger partial charge on any atom is -0.394 e. The summed E-state index contributed by atoms with van der Waals surface area (Å²) in [5.74, 6) is 0.253. The largest absolute Gasteiger partial charge is 0.394 e. The van der Waals surface area contributed by atoms with Crippen molar-refractivity contribution in [3.63, 3.8) is 0 Å². The predicted octanol–water partition coefficient (Wildman–Crippen LogP) is -0.990. The van der Waals surface area contributed by atoms with E-state index in [9.17, 15) is 10.2 Å². The highest BCUT2D eigenvalue weighted by molar-refractivity contribution is 5.81. The Morgan fingerprint density at radius 1 is 1.35 bits per heavy atom. The van der Waals surface area contributed by atoms with Gasteiger partial charge in [-0.25, -0.2) is 19.9 Å². The molecule has 0 saturated carbocycles. The third kappa shape index (κ3) is 2.90. The van der Waals surface area contributed by atoms with Crippen LogP contribution in [0, 0.1) is 0 Å². The van der Waals surface area contributed by atoms with Gasteiger partial charge in [0, 0.05) is 18.3 Å². The summed E-state index contributed by atoms with van der Waals surface area (Å²) in [6, 6.07) is 0. The molecule has 4 atom stereocenters. The van der Waals surface area contributed by atoms with Gasteiger partial charge >= 0.3 is 0 Å². The van der Waals surface area contributed by atoms with E-state index >= 15 is 0 Å². The van der Waals surface area contributed by atoms with E-state index in [0.29, 0.717) is 24.2 Å². The summed E-state index contributed by atoms with van der Waals surface area (Å²) >= 11 is 0. The molecule has 1 aliphatic heterocycles. The van der Waals surface area contributed by atoms with Gasteiger partial charge in [0.1, 0.15) is 30.2 Å². The molecule has 1 saturated heterocycles. The molecule has 11 nitrogen and oxygen atoms in total. The van der Waals surface area contributed by atoms with Gasteiger partial charge in [-0.1, -0.05) is 0 Å². The number of nitrogens with one attached hydrogen (secondary N) is 1. The van der Waals surface area contributed by atoms with Crippen LogP contribution in [0.3, 0.4) is 0 Å². The number of ether oxygens (including phenoxy) is 2. The maximum Gasteiger partial charge on any atom is 0.167 e. The number of nitrogens with zero attached hydrogens (tertiary/aromatic N) is 5. The van der Waals surface area contributed by atoms with Crippen LogP contribution in [-0.2, 0) is 15.9 Å². The van der Waals surface area contributed by atoms with Gasteiger partial charge in [-0.05, 0) is 0 Å². The number of nitrogen functional groups attached to an aromatic ring is 1. The number of hydrogen-bond donors (Lipinski definition) is 4. The van der Waals surface area contributed by atoms with Crippen LogP contribution in [0.25, 0.3) is 11.2 Å². The first-order valence-electron chi connectivity index (χ1n) is 8.15. The number of hydrogen-bond acceptors (Lipinski definition) is 9. The van der Waals surface area contributed by atoms with Gasteiger partial charge < -0.3 is 30.4 Å². The van der Waals surface area contributed by atoms with Crippen molar-refractivity contribution >= 4 is 17.0 Å². The van der Waals surface area contributed by atoms with Gasteiger partial charge in [-0.2, -0.15) is 0 Å². The molecule has 0 aromatic carbocycles. The fourth-order valence-corrected chi connectivity index (χ4v) is 3.06. The minimum atomic E-state index is -0.997. The number of aromatic amines is 1. The van der Waals surface area contributed by atoms with Crippen LogP contribution in [-0.4, -0.2) is 71.2 Å². The van der Waals surface area contributed by atoms with Gasteiger partial charge in [0.2, 0.25) is 0 Å². The highest BCUT2D eigenvalue weighted by Crippen LogP contribution is 2.33. The topological polar surface area (TPSA) is 157 Å². The number of nitrogens with two attached hydrogens (primary N) is 1. The van der Waals surface area contributed by atoms with E-state index in [1.54, 1.807) is 17.1 Å². The summed E-state index contributed by atoms with van der Waals surface area (Å²) in [5, 5.41) is 20.0. The Bertz CT molecular complexity index is 868. The van der Waals surface area contributed by atoms with Crippen molar-refractivity contribution in [1.29, 1.82) is 0 Å². The summed E-state index contributed by atoms with van der Waals surface area (Å²) in [6.45, 7) is 0.00745. The van der Waals surface area contributed by atoms with Crippen molar-refractivity contribution < 1.29 is 19.7 Å². The van der Waals surface area contributed by atoms with Crippen molar-refractivity contribution in [2.45, 2.75) is 31.0 Å². The average Bonchev–Trinajstić information content (AvgIpc) is 3.36. The first-order valence-corrected chi connectivity index (χ1v) is 8.15. The van der Waals surface area contributed by atoms with Crippen LogP contribution >= 0.6 is 0 Å². The first kappa shape index (κ1) is 16.8. The van der Waals surface area contributed by atoms with E-state index in [2.05, 4.69) is 24.9 Å². The maximum absolute atomic E-state index is 10.5. The molecule has 1 fully saturated rings. The van der Waals surface area contributed by atoms with Crippen LogP contribution < -0.4 is 5.73 Å². The summed E-state index contributed by atoms with van der Waals surface area (Å²) in [4.78, 5) is 19.3. The molecule has 0 amide bonds. The third-order valence-corrected chi connectivity index (χ3v) is 4.39. The zero-order valence-electron chi connectivity index (χ0n) is 13.8. The second-order valence-corrected chi connectivity index (χ2v) is 5.98. The van der Waals surface area contributed by atoms with E-state index in [-0.39, 0.29) is 12.4 Å². The number of H-pyrrole nitrogens is 1. The number of rotatable bonds is 6. The van der Waals surface area contributed by atoms with Gasteiger partial charge in [-0.15, -0.1) is 0 Å². The van der Waals surface area contributed by atoms with Gasteiger partial charge in [0.05, 0.1) is 25.9 Å². The molecule has 4 heterocycles. The molecule has 0 bridgehead atoms. The lowest BCUT2D eigenvalue weighted by molar-refractivity contribution is -0.0699. The molecule has 1 aliphatic rings. The van der Waals surface area contributed by atoms with E-state index in [0.717, 1.165) is 5.69 Å². The molecule has 3 aromatic heterocycles. The van der Waals surface area contributed by atoms with E-state index in [4.69, 9.17) is 15.2 Å². The van der Waals surface area contributed by atoms with E-state index in [1.165, 1.54) is 12.7 Å². The van der Waals surface area contributed by atoms with Crippen LogP contribution in [0.1, 0.15) is 11.9 Å². The Morgan fingerprint density at radius 3 is 3.00 bits per heavy atom. The second-order valence-electron chi connectivity index (χ2n) is 5.98. The predicted molar refractivity (Wildman–Crippen MR) is 88.8 cm³/mol. The van der Waals surface area contributed by atoms with E-state index in [1.807, 2.05) is 0 Å². The van der Waals surface area contributed by atoms with Crippen molar-refractivity contribution in [3.05, 3.63) is 30.9 Å². The van der Waals surface area contributed by atoms with Crippen molar-refractivity contribution in [2.24, 2.45) is 0 Å². The van der Waals surface area contributed by atoms with Crippen molar-refractivity contribution in [3.8, 4) is 0 Å². The molecule has 0 spiro atoms. The van der Waals surface area contributed by atoms with E-state index < -0.39 is 24.5 Å². The molecule has 26 heavy (non-hydrogen) atoms. The third-order valence-electron chi connectivity index (χ3n) is 4.39. The lowest BCUT2D eigenvalue weighted by atomic mass is 10.1. The molecule has 3 aromatic rings. The zero-order valence-corrected chi connectivity index (χ0v) is 13.8. The fourth-order valence-electron chi connectivity index (χ4n) is 3.06. The Hall–Kier alpha value is -2.60. The quantitative estimate of drug-likeness (QED) is 0.432. The van der Waals surface area contributed by atoms with Crippen LogP contribution in [0.4, 0.5) is 5.82 Å². The number of anilines is 1. The monoisotopic (exact) mass is 361 g/mol. The minimum absolute atomic E-state index is 0.253. The Kier molecular flexibility index (Phi) is 4.51. The standard InChI is InChI=1S/C15H19N7O4/c16-13-10-14(20-6-19-13)22(7-21-10)15-12(11(24)9(4-23)26-15)25-2-1-8-3-17-5-18-8/h3,5-7,9,11-12,15,23-24H,1-2,4H2,(H,17,18)(H2,16,19,20)/t9-,11-,12-,15-/m1/s1. The highest BCUT2D eigenvalue weighted by Gasteiger charge is 2.45. The van der Waals surface area contributed by atoms with Crippen LogP contribution in [0.15, 0.2) is 25.2 Å². The molecule has 138 valence electrons. The number of aliphatic hydroxyl groups is 2. The number of aromatic nitrogens is 6. The molecule has 0 radical (unpaired) electrons. The number of aliphatic hydroxyl groups excluding tert-OH is 2. The molecular weight excluding hydrogens is 342 g/mol. The first-order chi connectivity index (χ1) is 12.7. The fraction of sp³-hybridized carbons (Fsp3) is 0.467. The van der Waals surface area contributed by atoms with Gasteiger partial charge in [-0.3, -0.25) is 4.57 Å². The summed E-state index contributed by atoms with van der Waals surface area (Å²) in [7, 11) is 0. The smallest absolute Gasteiger partial charge is 0.167 e. The Labute approximate surface area is 147 Å². The SMILES string of the molecule is Nc1ncnc2c1ncn2[C@@H]1O[C@H](CO)[C@@H](O)[C@H]1OCCc1cnc[nH]1. The molecule has 11 heteroatoms. The molecule has 4 rings (SSSR count). The van der Waals surface area contributed by atoms with Crippen molar-refractivity contribution in [1.82, 2.24) is 29.5 Å². The molecular formula is C15H19N7O4. The zero-order chi connectivity index (χ0) is 18.1. The Balaban J connectivity index is 1.58. The normalized spacial score (nSPS) is 25.9. The average molecular weight is 361 g/mol. The van der Waals surface area contributed by atoms with Crippen LogP contribution in [0.2, 0.25) is 0 Å². The molecule has 0 aliphatic carbocycles. The molecule has 5 N–H and O–H groups in total. The maximum atomic E-state index is 10.5. The van der Waals surface area contributed by atoms with Crippen LogP contribution in [0.5, 0.6) is 0 Å². The van der Waals surface area contributed by atoms with Gasteiger partial charge in [0.15, 0.2) is 17.7 Å². The van der Waals surface area contributed by atoms with Gasteiger partial charge in [0.25, 0.3) is 0 Å². The van der Waals surface area contributed by atoms with Crippen molar-refractivity contribution in [2.75, 3.05) is 18.9 Å².